The van der Waals surface area contributed by atoms with Crippen LogP contribution in [0.15, 0.2) is 23.7 Å². The number of thiophene rings is 1. The Kier molecular flexibility index (Phi) is 4.60. The smallest absolute Gasteiger partial charge is 0.246 e. The molecule has 20 heavy (non-hydrogen) atoms. The van der Waals surface area contributed by atoms with E-state index in [4.69, 9.17) is 0 Å². The van der Waals surface area contributed by atoms with Gasteiger partial charge in [0.05, 0.1) is 4.88 Å². The van der Waals surface area contributed by atoms with Crippen LogP contribution < -0.4 is 0 Å². The third kappa shape index (κ3) is 2.93. The van der Waals surface area contributed by atoms with Crippen molar-refractivity contribution in [3.8, 4) is 10.6 Å². The predicted octanol–water partition coefficient (Wildman–Crippen LogP) is 3.35. The second kappa shape index (κ2) is 6.22. The SMILES string of the molecule is CCCC(C(=O)N(C)C)n1cc(C)c(-c2cccs2)n1. The second-order valence-electron chi connectivity index (χ2n) is 5.16. The summed E-state index contributed by atoms with van der Waals surface area (Å²) in [7, 11) is 3.59. The number of carbonyl (C=O) groups is 1. The summed E-state index contributed by atoms with van der Waals surface area (Å²) in [6, 6.07) is 3.88. The van der Waals surface area contributed by atoms with Gasteiger partial charge in [0, 0.05) is 20.3 Å². The van der Waals surface area contributed by atoms with Crippen molar-refractivity contribution in [1.29, 1.82) is 0 Å². The van der Waals surface area contributed by atoms with E-state index in [0.29, 0.717) is 0 Å². The van der Waals surface area contributed by atoms with Crippen LogP contribution in [0.1, 0.15) is 31.4 Å². The predicted molar refractivity (Wildman–Crippen MR) is 82.9 cm³/mol. The van der Waals surface area contributed by atoms with Crippen LogP contribution in [-0.2, 0) is 4.79 Å². The highest BCUT2D eigenvalue weighted by Gasteiger charge is 2.23. The number of amides is 1. The van der Waals surface area contributed by atoms with Gasteiger partial charge < -0.3 is 4.90 Å². The summed E-state index contributed by atoms with van der Waals surface area (Å²) < 4.78 is 1.83. The Labute approximate surface area is 124 Å². The molecule has 1 unspecified atom stereocenters. The van der Waals surface area contributed by atoms with E-state index in [1.165, 1.54) is 0 Å². The molecule has 0 fully saturated rings. The highest BCUT2D eigenvalue weighted by molar-refractivity contribution is 7.13. The van der Waals surface area contributed by atoms with Crippen LogP contribution in [0, 0.1) is 6.92 Å². The van der Waals surface area contributed by atoms with Gasteiger partial charge in [-0.15, -0.1) is 11.3 Å². The van der Waals surface area contributed by atoms with Crippen LogP contribution >= 0.6 is 11.3 Å². The van der Waals surface area contributed by atoms with Crippen molar-refractivity contribution in [3.05, 3.63) is 29.3 Å². The largest absolute Gasteiger partial charge is 0.347 e. The lowest BCUT2D eigenvalue weighted by molar-refractivity contribution is -0.132. The standard InChI is InChI=1S/C15H21N3OS/c1-5-7-12(15(19)17(3)4)18-10-11(2)14(16-18)13-8-6-9-20-13/h6,8-10,12H,5,7H2,1-4H3. The Hall–Kier alpha value is -1.62. The van der Waals surface area contributed by atoms with Crippen molar-refractivity contribution in [2.45, 2.75) is 32.7 Å². The quantitative estimate of drug-likeness (QED) is 0.847. The molecular weight excluding hydrogens is 270 g/mol. The minimum Gasteiger partial charge on any atom is -0.347 e. The molecule has 2 aromatic rings. The van der Waals surface area contributed by atoms with Crippen LogP contribution in [0.4, 0.5) is 0 Å². The summed E-state index contributed by atoms with van der Waals surface area (Å²) in [5.41, 5.74) is 2.09. The van der Waals surface area contributed by atoms with Crippen LogP contribution in [-0.4, -0.2) is 34.7 Å². The Morgan fingerprint density at radius 3 is 2.80 bits per heavy atom. The van der Waals surface area contributed by atoms with Gasteiger partial charge in [0.25, 0.3) is 0 Å². The van der Waals surface area contributed by atoms with Gasteiger partial charge in [-0.2, -0.15) is 5.10 Å². The highest BCUT2D eigenvalue weighted by atomic mass is 32.1. The van der Waals surface area contributed by atoms with Crippen molar-refractivity contribution >= 4 is 17.2 Å². The van der Waals surface area contributed by atoms with Crippen LogP contribution in [0.2, 0.25) is 0 Å². The average molecular weight is 291 g/mol. The molecule has 0 aliphatic heterocycles. The van der Waals surface area contributed by atoms with Gasteiger partial charge in [0.2, 0.25) is 5.91 Å². The monoisotopic (exact) mass is 291 g/mol. The summed E-state index contributed by atoms with van der Waals surface area (Å²) in [6.07, 6.45) is 3.75. The first-order valence-corrected chi connectivity index (χ1v) is 7.73. The fourth-order valence-electron chi connectivity index (χ4n) is 2.24. The molecule has 0 bridgehead atoms. The Morgan fingerprint density at radius 2 is 2.25 bits per heavy atom. The van der Waals surface area contributed by atoms with E-state index in [9.17, 15) is 4.79 Å². The second-order valence-corrected chi connectivity index (χ2v) is 6.10. The lowest BCUT2D eigenvalue weighted by atomic mass is 10.1. The van der Waals surface area contributed by atoms with E-state index in [1.54, 1.807) is 30.3 Å². The van der Waals surface area contributed by atoms with Gasteiger partial charge in [-0.1, -0.05) is 19.4 Å². The van der Waals surface area contributed by atoms with E-state index in [0.717, 1.165) is 29.0 Å². The molecule has 2 aromatic heterocycles. The molecule has 0 radical (unpaired) electrons. The number of likely N-dealkylation sites (N-methyl/N-ethyl adjacent to an activating group) is 1. The van der Waals surface area contributed by atoms with Gasteiger partial charge in [0.1, 0.15) is 11.7 Å². The molecule has 0 spiro atoms. The third-order valence-corrected chi connectivity index (χ3v) is 4.15. The maximum atomic E-state index is 12.3. The highest BCUT2D eigenvalue weighted by Crippen LogP contribution is 2.28. The molecule has 108 valence electrons. The minimum absolute atomic E-state index is 0.104. The first kappa shape index (κ1) is 14.8. The number of rotatable bonds is 5. The first-order chi connectivity index (χ1) is 9.54. The van der Waals surface area contributed by atoms with Crippen LogP contribution in [0.25, 0.3) is 10.6 Å². The van der Waals surface area contributed by atoms with Crippen LogP contribution in [0.5, 0.6) is 0 Å². The molecule has 5 heteroatoms. The van der Waals surface area contributed by atoms with E-state index < -0.39 is 0 Å². The molecule has 0 aromatic carbocycles. The fraction of sp³-hybridized carbons (Fsp3) is 0.467. The lowest BCUT2D eigenvalue weighted by Crippen LogP contribution is -2.32. The average Bonchev–Trinajstić information content (AvgIpc) is 3.03. The van der Waals surface area contributed by atoms with E-state index in [1.807, 2.05) is 29.2 Å². The number of nitrogens with zero attached hydrogens (tertiary/aromatic N) is 3. The van der Waals surface area contributed by atoms with Gasteiger partial charge in [-0.05, 0) is 30.4 Å². The molecule has 0 N–H and O–H groups in total. The Morgan fingerprint density at radius 1 is 1.50 bits per heavy atom. The van der Waals surface area contributed by atoms with Crippen molar-refractivity contribution in [1.82, 2.24) is 14.7 Å². The van der Waals surface area contributed by atoms with Gasteiger partial charge in [-0.25, -0.2) is 0 Å². The molecule has 1 amide bonds. The maximum Gasteiger partial charge on any atom is 0.246 e. The van der Waals surface area contributed by atoms with Gasteiger partial charge in [-0.3, -0.25) is 9.48 Å². The van der Waals surface area contributed by atoms with Crippen molar-refractivity contribution in [2.75, 3.05) is 14.1 Å². The Bertz CT molecular complexity index is 572. The third-order valence-electron chi connectivity index (χ3n) is 3.28. The summed E-state index contributed by atoms with van der Waals surface area (Å²) in [6.45, 7) is 4.13. The summed E-state index contributed by atoms with van der Waals surface area (Å²) in [5, 5.41) is 6.70. The molecule has 0 aliphatic carbocycles. The summed E-state index contributed by atoms with van der Waals surface area (Å²) >= 11 is 1.67. The molecule has 2 rings (SSSR count). The van der Waals surface area contributed by atoms with E-state index >= 15 is 0 Å². The van der Waals surface area contributed by atoms with Crippen molar-refractivity contribution in [3.63, 3.8) is 0 Å². The van der Waals surface area contributed by atoms with E-state index in [2.05, 4.69) is 18.1 Å². The first-order valence-electron chi connectivity index (χ1n) is 6.85. The number of hydrogen-bond donors (Lipinski definition) is 0. The molecule has 4 nitrogen and oxygen atoms in total. The molecule has 1 atom stereocenters. The normalized spacial score (nSPS) is 12.4. The number of carbonyl (C=O) groups excluding carboxylic acids is 1. The number of hydrogen-bond acceptors (Lipinski definition) is 3. The molecule has 2 heterocycles. The molecule has 0 saturated carbocycles. The lowest BCUT2D eigenvalue weighted by Gasteiger charge is -2.20. The molecular formula is C15H21N3OS. The van der Waals surface area contributed by atoms with Gasteiger partial charge in [0.15, 0.2) is 0 Å². The minimum atomic E-state index is -0.206. The topological polar surface area (TPSA) is 38.1 Å². The number of aromatic nitrogens is 2. The zero-order valence-electron chi connectivity index (χ0n) is 12.5. The van der Waals surface area contributed by atoms with Crippen molar-refractivity contribution in [2.24, 2.45) is 0 Å². The Balaban J connectivity index is 2.35. The number of aryl methyl sites for hydroxylation is 1. The zero-order valence-corrected chi connectivity index (χ0v) is 13.3. The van der Waals surface area contributed by atoms with Gasteiger partial charge >= 0.3 is 0 Å². The van der Waals surface area contributed by atoms with Crippen molar-refractivity contribution < 1.29 is 4.79 Å². The maximum absolute atomic E-state index is 12.3. The summed E-state index contributed by atoms with van der Waals surface area (Å²) in [4.78, 5) is 15.1. The van der Waals surface area contributed by atoms with E-state index in [-0.39, 0.29) is 11.9 Å². The molecule has 0 saturated heterocycles. The summed E-state index contributed by atoms with van der Waals surface area (Å²) in [5.74, 6) is 0.104. The molecule has 0 aliphatic rings. The zero-order chi connectivity index (χ0) is 14.7. The van der Waals surface area contributed by atoms with Crippen LogP contribution in [0.3, 0.4) is 0 Å². The fourth-order valence-corrected chi connectivity index (χ4v) is 3.01.